The molecule has 5 heteroatoms. The molecule has 1 aliphatic heterocycles. The second-order valence-electron chi connectivity index (χ2n) is 4.90. The monoisotopic (exact) mass is 273 g/mol. The summed E-state index contributed by atoms with van der Waals surface area (Å²) < 4.78 is 45.3. The standard InChI is InChI=1S/C14H18F3NO/c1-2-3-11-8-10(4-5-19-11)18-13-7-9(15)6-12(16)14(13)17/h6-7,10-11,18H,2-5,8H2,1H3. The van der Waals surface area contributed by atoms with E-state index in [-0.39, 0.29) is 17.8 Å². The van der Waals surface area contributed by atoms with Crippen LogP contribution in [0.15, 0.2) is 12.1 Å². The van der Waals surface area contributed by atoms with E-state index in [0.29, 0.717) is 19.1 Å². The molecule has 19 heavy (non-hydrogen) atoms. The molecule has 1 aromatic rings. The smallest absolute Gasteiger partial charge is 0.182 e. The minimum atomic E-state index is -1.17. The molecule has 0 spiro atoms. The van der Waals surface area contributed by atoms with Crippen molar-refractivity contribution in [1.29, 1.82) is 0 Å². The Hall–Kier alpha value is -1.23. The Balaban J connectivity index is 2.04. The van der Waals surface area contributed by atoms with Crippen LogP contribution >= 0.6 is 0 Å². The predicted molar refractivity (Wildman–Crippen MR) is 67.6 cm³/mol. The van der Waals surface area contributed by atoms with E-state index in [0.717, 1.165) is 25.3 Å². The lowest BCUT2D eigenvalue weighted by Gasteiger charge is -2.30. The first-order valence-corrected chi connectivity index (χ1v) is 6.62. The van der Waals surface area contributed by atoms with Gasteiger partial charge in [-0.25, -0.2) is 13.2 Å². The Morgan fingerprint density at radius 1 is 1.32 bits per heavy atom. The molecular weight excluding hydrogens is 255 g/mol. The second kappa shape index (κ2) is 6.28. The first kappa shape index (κ1) is 14.2. The van der Waals surface area contributed by atoms with Crippen LogP contribution in [0.5, 0.6) is 0 Å². The van der Waals surface area contributed by atoms with E-state index in [2.05, 4.69) is 12.2 Å². The summed E-state index contributed by atoms with van der Waals surface area (Å²) in [4.78, 5) is 0. The van der Waals surface area contributed by atoms with Crippen LogP contribution in [-0.2, 0) is 4.74 Å². The molecule has 1 N–H and O–H groups in total. The fourth-order valence-corrected chi connectivity index (χ4v) is 2.42. The van der Waals surface area contributed by atoms with Crippen molar-refractivity contribution >= 4 is 5.69 Å². The summed E-state index contributed by atoms with van der Waals surface area (Å²) >= 11 is 0. The third kappa shape index (κ3) is 3.62. The van der Waals surface area contributed by atoms with E-state index >= 15 is 0 Å². The average molecular weight is 273 g/mol. The van der Waals surface area contributed by atoms with E-state index < -0.39 is 17.5 Å². The number of halogens is 3. The van der Waals surface area contributed by atoms with Crippen LogP contribution in [0.2, 0.25) is 0 Å². The molecule has 2 unspecified atom stereocenters. The lowest BCUT2D eigenvalue weighted by atomic mass is 10.00. The molecule has 0 aliphatic carbocycles. The van der Waals surface area contributed by atoms with Gasteiger partial charge in [0.1, 0.15) is 5.82 Å². The Kier molecular flexibility index (Phi) is 4.69. The molecule has 1 aromatic carbocycles. The fraction of sp³-hybridized carbons (Fsp3) is 0.571. The highest BCUT2D eigenvalue weighted by atomic mass is 19.2. The topological polar surface area (TPSA) is 21.3 Å². The number of anilines is 1. The molecule has 1 aliphatic rings. The fourth-order valence-electron chi connectivity index (χ4n) is 2.42. The average Bonchev–Trinajstić information content (AvgIpc) is 2.36. The lowest BCUT2D eigenvalue weighted by molar-refractivity contribution is 0.00592. The van der Waals surface area contributed by atoms with Gasteiger partial charge in [-0.1, -0.05) is 13.3 Å². The molecule has 2 nitrogen and oxygen atoms in total. The van der Waals surface area contributed by atoms with Gasteiger partial charge in [-0.2, -0.15) is 0 Å². The minimum absolute atomic E-state index is 0.0130. The quantitative estimate of drug-likeness (QED) is 0.841. The van der Waals surface area contributed by atoms with Crippen LogP contribution in [-0.4, -0.2) is 18.8 Å². The minimum Gasteiger partial charge on any atom is -0.380 e. The van der Waals surface area contributed by atoms with Crippen molar-refractivity contribution in [2.24, 2.45) is 0 Å². The zero-order valence-electron chi connectivity index (χ0n) is 10.9. The SMILES string of the molecule is CCCC1CC(Nc2cc(F)cc(F)c2F)CCO1. The Bertz CT molecular complexity index is 437. The van der Waals surface area contributed by atoms with Gasteiger partial charge in [-0.15, -0.1) is 0 Å². The molecule has 1 heterocycles. The maximum absolute atomic E-state index is 13.5. The summed E-state index contributed by atoms with van der Waals surface area (Å²) in [7, 11) is 0. The van der Waals surface area contributed by atoms with Crippen molar-refractivity contribution in [2.75, 3.05) is 11.9 Å². The first-order valence-electron chi connectivity index (χ1n) is 6.62. The number of hydrogen-bond donors (Lipinski definition) is 1. The number of nitrogens with one attached hydrogen (secondary N) is 1. The van der Waals surface area contributed by atoms with E-state index in [1.165, 1.54) is 0 Å². The zero-order chi connectivity index (χ0) is 13.8. The number of benzene rings is 1. The van der Waals surface area contributed by atoms with Gasteiger partial charge >= 0.3 is 0 Å². The highest BCUT2D eigenvalue weighted by molar-refractivity contribution is 5.46. The summed E-state index contributed by atoms with van der Waals surface area (Å²) in [5, 5.41) is 2.88. The van der Waals surface area contributed by atoms with Gasteiger partial charge in [0.2, 0.25) is 0 Å². The predicted octanol–water partition coefficient (Wildman–Crippen LogP) is 3.86. The van der Waals surface area contributed by atoms with Gasteiger partial charge < -0.3 is 10.1 Å². The number of hydrogen-bond acceptors (Lipinski definition) is 2. The summed E-state index contributed by atoms with van der Waals surface area (Å²) in [6.07, 6.45) is 3.53. The Labute approximate surface area is 111 Å². The van der Waals surface area contributed by atoms with Gasteiger partial charge in [0.25, 0.3) is 0 Å². The van der Waals surface area contributed by atoms with Gasteiger partial charge in [0.05, 0.1) is 11.8 Å². The van der Waals surface area contributed by atoms with Crippen molar-refractivity contribution < 1.29 is 17.9 Å². The molecule has 106 valence electrons. The van der Waals surface area contributed by atoms with Crippen LogP contribution in [0.25, 0.3) is 0 Å². The summed E-state index contributed by atoms with van der Waals surface area (Å²) in [5.41, 5.74) is -0.111. The normalized spacial score (nSPS) is 23.4. The van der Waals surface area contributed by atoms with Crippen LogP contribution in [0.4, 0.5) is 18.9 Å². The molecule has 2 atom stereocenters. The lowest BCUT2D eigenvalue weighted by Crippen LogP contribution is -2.34. The maximum atomic E-state index is 13.5. The summed E-state index contributed by atoms with van der Waals surface area (Å²) in [6.45, 7) is 2.66. The van der Waals surface area contributed by atoms with Gasteiger partial charge in [-0.3, -0.25) is 0 Å². The van der Waals surface area contributed by atoms with Gasteiger partial charge in [0, 0.05) is 24.8 Å². The third-order valence-electron chi connectivity index (χ3n) is 3.33. The second-order valence-corrected chi connectivity index (χ2v) is 4.90. The van der Waals surface area contributed by atoms with Crippen molar-refractivity contribution in [3.05, 3.63) is 29.6 Å². The highest BCUT2D eigenvalue weighted by Crippen LogP contribution is 2.25. The van der Waals surface area contributed by atoms with Crippen LogP contribution < -0.4 is 5.32 Å². The summed E-state index contributed by atoms with van der Waals surface area (Å²) in [6, 6.07) is 1.52. The molecule has 1 saturated heterocycles. The van der Waals surface area contributed by atoms with Crippen molar-refractivity contribution in [2.45, 2.75) is 44.8 Å². The van der Waals surface area contributed by atoms with Crippen molar-refractivity contribution in [3.63, 3.8) is 0 Å². The Morgan fingerprint density at radius 3 is 2.84 bits per heavy atom. The van der Waals surface area contributed by atoms with Crippen LogP contribution in [0.3, 0.4) is 0 Å². The zero-order valence-corrected chi connectivity index (χ0v) is 10.9. The molecule has 0 radical (unpaired) electrons. The molecule has 1 fully saturated rings. The first-order chi connectivity index (χ1) is 9.10. The van der Waals surface area contributed by atoms with Crippen LogP contribution in [0.1, 0.15) is 32.6 Å². The van der Waals surface area contributed by atoms with Crippen molar-refractivity contribution in [3.8, 4) is 0 Å². The molecule has 0 aromatic heterocycles. The van der Waals surface area contributed by atoms with E-state index in [1.807, 2.05) is 0 Å². The molecule has 0 amide bonds. The van der Waals surface area contributed by atoms with E-state index in [4.69, 9.17) is 4.74 Å². The molecular formula is C14H18F3NO. The van der Waals surface area contributed by atoms with Crippen LogP contribution in [0, 0.1) is 17.5 Å². The third-order valence-corrected chi connectivity index (χ3v) is 3.33. The number of rotatable bonds is 4. The van der Waals surface area contributed by atoms with Gasteiger partial charge in [-0.05, 0) is 19.3 Å². The largest absolute Gasteiger partial charge is 0.380 e. The van der Waals surface area contributed by atoms with Crippen molar-refractivity contribution in [1.82, 2.24) is 0 Å². The van der Waals surface area contributed by atoms with E-state index in [9.17, 15) is 13.2 Å². The maximum Gasteiger partial charge on any atom is 0.182 e. The summed E-state index contributed by atoms with van der Waals surface area (Å²) in [5.74, 6) is -2.97. The molecule has 0 saturated carbocycles. The highest BCUT2D eigenvalue weighted by Gasteiger charge is 2.23. The van der Waals surface area contributed by atoms with E-state index in [1.54, 1.807) is 0 Å². The van der Waals surface area contributed by atoms with Gasteiger partial charge in [0.15, 0.2) is 11.6 Å². The molecule has 0 bridgehead atoms. The Morgan fingerprint density at radius 2 is 2.11 bits per heavy atom. The molecule has 2 rings (SSSR count). The number of ether oxygens (including phenoxy) is 1.